The molecular weight excluding hydrogens is 266 g/mol. The molecule has 4 nitrogen and oxygen atoms in total. The van der Waals surface area contributed by atoms with E-state index >= 15 is 0 Å². The van der Waals surface area contributed by atoms with Crippen LogP contribution in [0.1, 0.15) is 45.2 Å². The Kier molecular flexibility index (Phi) is 9.06. The topological polar surface area (TPSA) is 39.7 Å². The highest BCUT2D eigenvalue weighted by Gasteiger charge is 2.14. The van der Waals surface area contributed by atoms with Gasteiger partial charge in [-0.1, -0.05) is 25.5 Å². The van der Waals surface area contributed by atoms with Crippen molar-refractivity contribution in [2.75, 3.05) is 26.9 Å². The number of ether oxygens (including phenoxy) is 3. The van der Waals surface area contributed by atoms with Crippen molar-refractivity contribution in [1.29, 1.82) is 0 Å². The fourth-order valence-electron chi connectivity index (χ4n) is 2.29. The van der Waals surface area contributed by atoms with E-state index in [0.29, 0.717) is 25.8 Å². The molecule has 0 radical (unpaired) electrons. The molecule has 21 heavy (non-hydrogen) atoms. The van der Waals surface area contributed by atoms with Crippen LogP contribution in [0, 0.1) is 0 Å². The van der Waals surface area contributed by atoms with Crippen molar-refractivity contribution >= 4 is 0 Å². The zero-order valence-corrected chi connectivity index (χ0v) is 13.7. The summed E-state index contributed by atoms with van der Waals surface area (Å²) in [4.78, 5) is 0. The third kappa shape index (κ3) is 6.46. The van der Waals surface area contributed by atoms with E-state index in [0.717, 1.165) is 18.6 Å². The quantitative estimate of drug-likeness (QED) is 0.634. The summed E-state index contributed by atoms with van der Waals surface area (Å²) >= 11 is 0. The lowest BCUT2D eigenvalue weighted by molar-refractivity contribution is -0.133. The molecule has 1 unspecified atom stereocenters. The third-order valence-corrected chi connectivity index (χ3v) is 3.33. The van der Waals surface area contributed by atoms with Crippen molar-refractivity contribution in [1.82, 2.24) is 5.32 Å². The second-order valence-corrected chi connectivity index (χ2v) is 4.86. The Balaban J connectivity index is 2.62. The Bertz CT molecular complexity index is 361. The predicted octanol–water partition coefficient (Wildman–Crippen LogP) is 3.53. The lowest BCUT2D eigenvalue weighted by Gasteiger charge is -2.23. The van der Waals surface area contributed by atoms with Crippen LogP contribution in [0.2, 0.25) is 0 Å². The average Bonchev–Trinajstić information content (AvgIpc) is 2.52. The monoisotopic (exact) mass is 295 g/mol. The van der Waals surface area contributed by atoms with Gasteiger partial charge in [-0.15, -0.1) is 0 Å². The van der Waals surface area contributed by atoms with E-state index < -0.39 is 0 Å². The van der Waals surface area contributed by atoms with E-state index in [1.807, 2.05) is 26.0 Å². The van der Waals surface area contributed by atoms with Crippen molar-refractivity contribution < 1.29 is 14.2 Å². The first-order valence-corrected chi connectivity index (χ1v) is 7.85. The number of methoxy groups -OCH3 is 1. The van der Waals surface area contributed by atoms with Gasteiger partial charge < -0.3 is 19.5 Å². The number of nitrogens with one attached hydrogen (secondary N) is 1. The van der Waals surface area contributed by atoms with Gasteiger partial charge in [0, 0.05) is 25.8 Å². The first-order valence-electron chi connectivity index (χ1n) is 7.85. The van der Waals surface area contributed by atoms with Crippen LogP contribution < -0.4 is 10.1 Å². The van der Waals surface area contributed by atoms with Gasteiger partial charge in [-0.25, -0.2) is 0 Å². The molecule has 0 bridgehead atoms. The summed E-state index contributed by atoms with van der Waals surface area (Å²) < 4.78 is 16.4. The Morgan fingerprint density at radius 1 is 1.00 bits per heavy atom. The summed E-state index contributed by atoms with van der Waals surface area (Å²) in [6, 6.07) is 8.54. The smallest absolute Gasteiger partial charge is 0.169 e. The standard InChI is InChI=1S/C17H29NO3/c1-5-8-16(14-9-11-15(19-4)12-10-14)18-13-17(20-6-2)21-7-3/h9-12,16-18H,5-8,13H2,1-4H3. The van der Waals surface area contributed by atoms with Crippen LogP contribution in [0.4, 0.5) is 0 Å². The molecule has 4 heteroatoms. The molecule has 0 aliphatic carbocycles. The maximum Gasteiger partial charge on any atom is 0.169 e. The predicted molar refractivity (Wildman–Crippen MR) is 85.7 cm³/mol. The first kappa shape index (κ1) is 18.0. The van der Waals surface area contributed by atoms with Crippen LogP contribution in [0.25, 0.3) is 0 Å². The van der Waals surface area contributed by atoms with Gasteiger partial charge >= 0.3 is 0 Å². The molecule has 1 aromatic rings. The summed E-state index contributed by atoms with van der Waals surface area (Å²) in [5.41, 5.74) is 1.27. The molecule has 1 atom stereocenters. The summed E-state index contributed by atoms with van der Waals surface area (Å²) in [5, 5.41) is 3.55. The summed E-state index contributed by atoms with van der Waals surface area (Å²) in [5.74, 6) is 0.885. The molecule has 0 aromatic heterocycles. The summed E-state index contributed by atoms with van der Waals surface area (Å²) in [7, 11) is 1.69. The number of hydrogen-bond acceptors (Lipinski definition) is 4. The van der Waals surface area contributed by atoms with Gasteiger partial charge in [-0.3, -0.25) is 0 Å². The Labute approximate surface area is 128 Å². The maximum absolute atomic E-state index is 5.58. The highest BCUT2D eigenvalue weighted by molar-refractivity contribution is 5.29. The highest BCUT2D eigenvalue weighted by atomic mass is 16.7. The van der Waals surface area contributed by atoms with Crippen molar-refractivity contribution in [3.05, 3.63) is 29.8 Å². The Morgan fingerprint density at radius 2 is 1.62 bits per heavy atom. The van der Waals surface area contributed by atoms with E-state index in [-0.39, 0.29) is 6.29 Å². The first-order chi connectivity index (χ1) is 10.2. The molecular formula is C17H29NO3. The van der Waals surface area contributed by atoms with E-state index in [4.69, 9.17) is 14.2 Å². The molecule has 0 aliphatic heterocycles. The van der Waals surface area contributed by atoms with Gasteiger partial charge in [0.1, 0.15) is 5.75 Å². The third-order valence-electron chi connectivity index (χ3n) is 3.33. The fourth-order valence-corrected chi connectivity index (χ4v) is 2.29. The van der Waals surface area contributed by atoms with Crippen molar-refractivity contribution in [3.63, 3.8) is 0 Å². The fraction of sp³-hybridized carbons (Fsp3) is 0.647. The molecule has 120 valence electrons. The number of rotatable bonds is 11. The molecule has 0 saturated heterocycles. The molecule has 0 fully saturated rings. The van der Waals surface area contributed by atoms with E-state index in [2.05, 4.69) is 24.4 Å². The number of hydrogen-bond donors (Lipinski definition) is 1. The molecule has 0 aliphatic rings. The van der Waals surface area contributed by atoms with Crippen LogP contribution in [0.3, 0.4) is 0 Å². The molecule has 1 N–H and O–H groups in total. The molecule has 0 heterocycles. The van der Waals surface area contributed by atoms with Crippen LogP contribution in [-0.4, -0.2) is 33.2 Å². The number of benzene rings is 1. The van der Waals surface area contributed by atoms with Crippen molar-refractivity contribution in [2.45, 2.75) is 45.9 Å². The zero-order valence-electron chi connectivity index (χ0n) is 13.7. The Morgan fingerprint density at radius 3 is 2.10 bits per heavy atom. The zero-order chi connectivity index (χ0) is 15.5. The van der Waals surface area contributed by atoms with Crippen molar-refractivity contribution in [2.24, 2.45) is 0 Å². The average molecular weight is 295 g/mol. The molecule has 0 spiro atoms. The van der Waals surface area contributed by atoms with Gasteiger partial charge in [0.2, 0.25) is 0 Å². The maximum atomic E-state index is 5.58. The van der Waals surface area contributed by atoms with Crippen LogP contribution in [0.15, 0.2) is 24.3 Å². The van der Waals surface area contributed by atoms with Crippen LogP contribution >= 0.6 is 0 Å². The van der Waals surface area contributed by atoms with Gasteiger partial charge in [0.05, 0.1) is 7.11 Å². The lowest BCUT2D eigenvalue weighted by Crippen LogP contribution is -2.34. The molecule has 1 aromatic carbocycles. The van der Waals surface area contributed by atoms with Crippen molar-refractivity contribution in [3.8, 4) is 5.75 Å². The van der Waals surface area contributed by atoms with Gasteiger partial charge in [0.25, 0.3) is 0 Å². The molecule has 0 amide bonds. The Hall–Kier alpha value is -1.10. The second-order valence-electron chi connectivity index (χ2n) is 4.86. The van der Waals surface area contributed by atoms with Crippen LogP contribution in [0.5, 0.6) is 5.75 Å². The minimum absolute atomic E-state index is 0.183. The SMILES string of the molecule is CCCC(NCC(OCC)OCC)c1ccc(OC)cc1. The summed E-state index contributed by atoms with van der Waals surface area (Å²) in [6.07, 6.45) is 2.02. The highest BCUT2D eigenvalue weighted by Crippen LogP contribution is 2.21. The molecule has 0 saturated carbocycles. The largest absolute Gasteiger partial charge is 0.497 e. The lowest BCUT2D eigenvalue weighted by atomic mass is 10.0. The van der Waals surface area contributed by atoms with Gasteiger partial charge in [-0.05, 0) is 38.0 Å². The van der Waals surface area contributed by atoms with Gasteiger partial charge in [-0.2, -0.15) is 0 Å². The minimum atomic E-state index is -0.183. The second kappa shape index (κ2) is 10.6. The van der Waals surface area contributed by atoms with E-state index in [1.165, 1.54) is 5.56 Å². The van der Waals surface area contributed by atoms with E-state index in [1.54, 1.807) is 7.11 Å². The van der Waals surface area contributed by atoms with E-state index in [9.17, 15) is 0 Å². The van der Waals surface area contributed by atoms with Gasteiger partial charge in [0.15, 0.2) is 6.29 Å². The van der Waals surface area contributed by atoms with Crippen LogP contribution in [-0.2, 0) is 9.47 Å². The summed E-state index contributed by atoms with van der Waals surface area (Å²) in [6.45, 7) is 8.18. The molecule has 1 rings (SSSR count). The minimum Gasteiger partial charge on any atom is -0.497 e. The normalized spacial score (nSPS) is 12.6.